The van der Waals surface area contributed by atoms with Crippen molar-refractivity contribution in [1.29, 1.82) is 0 Å². The van der Waals surface area contributed by atoms with Gasteiger partial charge in [-0.05, 0) is 117 Å². The molecule has 4 aliphatic carbocycles. The molecule has 0 aromatic heterocycles. The number of hydrogen-bond acceptors (Lipinski definition) is 30. The molecular weight excluding hydrogens is 1420 g/mol. The van der Waals surface area contributed by atoms with Crippen molar-refractivity contribution >= 4 is 17.8 Å². The Morgan fingerprint density at radius 3 is 1.30 bits per heavy atom. The van der Waals surface area contributed by atoms with Crippen LogP contribution in [-0.4, -0.2) is 304 Å². The standard InChI is InChI=1S/C78H120O30/c1-38-67(48(88-10)30-58(94-38)100-47-24-25-74(8)46(29-47)23-26-77(86)55(74)36-56(102-57(81)22-21-45-19-17-16-18-20-45)75(9)76(85,44(7)80)27-28-78(75,77)87)103-59-31-49(89-11)68(39(2)95-59)104-60-32-50(90-12)69(40(3)96-60)105-61-33-51(91-13)70(41(4)97-61)106-62-34-52(92-14)71(42(5)98-62)107-63-35-53(93-15)72(43(6)99-63)108-73-66(84)65(83)64(82)54(37-79)101-73/h16-23,38-43,47-56,58-73,79,82-87H,24-37H2,1-15H3/t38-,39+,40-,41+,42-,43+,47+,48+,49+,50+,51-,52+,53-,54-,55-,56-,58+,59+,60+,61+,62+,63+,64-,65+,66-,67-,68-,69-,70+,71-,72+,73+,74+,75-,76-,77+,78-/m1/s1. The van der Waals surface area contributed by atoms with E-state index in [9.17, 15) is 45.3 Å². The van der Waals surface area contributed by atoms with E-state index in [0.717, 1.165) is 11.1 Å². The molecule has 37 atom stereocenters. The highest BCUT2D eigenvalue weighted by Gasteiger charge is 2.81. The minimum Gasteiger partial charge on any atom is -0.458 e. The van der Waals surface area contributed by atoms with E-state index < -0.39 is 236 Å². The lowest BCUT2D eigenvalue weighted by Crippen LogP contribution is -2.78. The molecule has 30 heteroatoms. The monoisotopic (exact) mass is 1540 g/mol. The van der Waals surface area contributed by atoms with Crippen LogP contribution in [0.15, 0.2) is 48.1 Å². The summed E-state index contributed by atoms with van der Waals surface area (Å²) in [6, 6.07) is 9.28. The van der Waals surface area contributed by atoms with Crippen LogP contribution in [0.5, 0.6) is 0 Å². The first-order valence-electron chi connectivity index (χ1n) is 38.7. The molecule has 3 saturated carbocycles. The Morgan fingerprint density at radius 2 is 0.907 bits per heavy atom. The number of rotatable bonds is 25. The molecule has 7 N–H and O–H groups in total. The number of Topliss-reactive ketones (excluding diaryl/α,β-unsaturated/α-hetero) is 1. The molecule has 612 valence electrons. The van der Waals surface area contributed by atoms with Crippen molar-refractivity contribution in [3.05, 3.63) is 53.6 Å². The summed E-state index contributed by atoms with van der Waals surface area (Å²) in [7, 11) is 9.61. The van der Waals surface area contributed by atoms with Gasteiger partial charge >= 0.3 is 5.97 Å². The normalized spacial score (nSPS) is 49.3. The number of carbonyl (C=O) groups is 2. The van der Waals surface area contributed by atoms with E-state index in [1.165, 1.54) is 20.1 Å². The van der Waals surface area contributed by atoms with Crippen LogP contribution in [0.25, 0.3) is 6.08 Å². The minimum absolute atomic E-state index is 0.0647. The van der Waals surface area contributed by atoms with Gasteiger partial charge in [0.25, 0.3) is 0 Å². The molecule has 30 nitrogen and oxygen atoms in total. The van der Waals surface area contributed by atoms with Crippen molar-refractivity contribution in [3.8, 4) is 0 Å². The third-order valence-corrected chi connectivity index (χ3v) is 26.2. The van der Waals surface area contributed by atoms with Gasteiger partial charge in [0.15, 0.2) is 49.8 Å². The van der Waals surface area contributed by atoms with E-state index in [0.29, 0.717) is 51.4 Å². The third-order valence-electron chi connectivity index (χ3n) is 26.2. The van der Waals surface area contributed by atoms with Crippen molar-refractivity contribution in [2.24, 2.45) is 16.7 Å². The average molecular weight is 1540 g/mol. The summed E-state index contributed by atoms with van der Waals surface area (Å²) in [5.41, 5.74) is -6.39. The van der Waals surface area contributed by atoms with Gasteiger partial charge in [0.05, 0.1) is 91.4 Å². The van der Waals surface area contributed by atoms with Crippen molar-refractivity contribution in [2.45, 2.75) is 353 Å². The van der Waals surface area contributed by atoms with Crippen LogP contribution in [-0.2, 0) is 109 Å². The first-order chi connectivity index (χ1) is 51.4. The Hall–Kier alpha value is -3.24. The quantitative estimate of drug-likeness (QED) is 0.0411. The van der Waals surface area contributed by atoms with E-state index in [-0.39, 0.29) is 38.2 Å². The number of hydrogen-bond donors (Lipinski definition) is 7. The van der Waals surface area contributed by atoms with Gasteiger partial charge in [-0.3, -0.25) is 4.79 Å². The van der Waals surface area contributed by atoms with Crippen LogP contribution in [0.3, 0.4) is 0 Å². The van der Waals surface area contributed by atoms with Gasteiger partial charge in [-0.1, -0.05) is 48.9 Å². The molecule has 1 aromatic carbocycles. The maximum atomic E-state index is 13.7. The second-order valence-corrected chi connectivity index (χ2v) is 32.2. The van der Waals surface area contributed by atoms with Gasteiger partial charge in [-0.25, -0.2) is 4.79 Å². The first kappa shape index (κ1) is 84.2. The Bertz CT molecular complexity index is 3190. The zero-order valence-corrected chi connectivity index (χ0v) is 65.0. The van der Waals surface area contributed by atoms with Gasteiger partial charge in [0.2, 0.25) is 0 Å². The maximum Gasteiger partial charge on any atom is 0.331 e. The summed E-state index contributed by atoms with van der Waals surface area (Å²) in [5.74, 6) is -1.85. The summed E-state index contributed by atoms with van der Waals surface area (Å²) < 4.78 is 134. The van der Waals surface area contributed by atoms with E-state index in [1.54, 1.807) is 55.5 Å². The Morgan fingerprint density at radius 1 is 0.509 bits per heavy atom. The molecule has 108 heavy (non-hydrogen) atoms. The van der Waals surface area contributed by atoms with Crippen molar-refractivity contribution < 1.29 is 145 Å². The molecule has 7 heterocycles. The molecule has 12 rings (SSSR count). The van der Waals surface area contributed by atoms with E-state index in [2.05, 4.69) is 6.92 Å². The Balaban J connectivity index is 0.599. The second kappa shape index (κ2) is 34.7. The number of ketones is 1. The molecule has 0 unspecified atom stereocenters. The number of aliphatic hydroxyl groups is 7. The smallest absolute Gasteiger partial charge is 0.331 e. The van der Waals surface area contributed by atoms with Gasteiger partial charge in [-0.2, -0.15) is 0 Å². The van der Waals surface area contributed by atoms with Crippen LogP contribution >= 0.6 is 0 Å². The lowest BCUT2D eigenvalue weighted by molar-refractivity contribution is -0.360. The molecule has 7 aliphatic heterocycles. The molecule has 10 fully saturated rings. The predicted molar refractivity (Wildman–Crippen MR) is 377 cm³/mol. The summed E-state index contributed by atoms with van der Waals surface area (Å²) >= 11 is 0. The molecule has 0 bridgehead atoms. The molecule has 0 radical (unpaired) electrons. The average Bonchev–Trinajstić information content (AvgIpc) is 1.42. The maximum absolute atomic E-state index is 13.7. The number of aliphatic hydroxyl groups excluding tert-OH is 4. The summed E-state index contributed by atoms with van der Waals surface area (Å²) in [6.07, 6.45) is -14.4. The fourth-order valence-electron chi connectivity index (χ4n) is 19.9. The zero-order valence-electron chi connectivity index (χ0n) is 65.0. The van der Waals surface area contributed by atoms with Crippen LogP contribution in [0.1, 0.15) is 151 Å². The minimum atomic E-state index is -2.07. The topological polar surface area (TPSA) is 370 Å². The lowest BCUT2D eigenvalue weighted by atomic mass is 9.42. The molecule has 11 aliphatic rings. The van der Waals surface area contributed by atoms with E-state index >= 15 is 0 Å². The zero-order chi connectivity index (χ0) is 77.7. The van der Waals surface area contributed by atoms with Crippen molar-refractivity contribution in [3.63, 3.8) is 0 Å². The van der Waals surface area contributed by atoms with E-state index in [4.69, 9.17) is 99.5 Å². The van der Waals surface area contributed by atoms with Crippen molar-refractivity contribution in [1.82, 2.24) is 0 Å². The number of carbonyl (C=O) groups excluding carboxylic acids is 2. The predicted octanol–water partition coefficient (Wildman–Crippen LogP) is 4.13. The van der Waals surface area contributed by atoms with Gasteiger partial charge in [-0.15, -0.1) is 0 Å². The SMILES string of the molecule is CO[C@H]1C[C@H](O[C@H]2[C@@H](OC)C[C@H](O[C@H]3CC[C@@]4(C)C(=CC[C@]5(O)[C@@H]4C[C@@H](OC(=O)C=Cc4ccccc4)[C@@]4(C)[C@]5(O)CC[C@@]4(O)C(C)=O)C3)O[C@@H]2C)O[C@@H](C)[C@H]1O[C@H]1C[C@H](OC)[C@H](O[C@H]2C[C@@H](OC)[C@@H](O[C@H]3C[C@H](OC)[C@H](O[C@H]4C[C@@H](OC)[C@@H](O[C@@H]5O[C@H](CO)[C@@H](O)[C@H](O)[C@H]5O)[C@H](C)O4)[C@@H](C)O3)[C@H](C)O2)[C@@H](C)O1. The molecule has 1 aromatic rings. The highest BCUT2D eigenvalue weighted by atomic mass is 16.8. The summed E-state index contributed by atoms with van der Waals surface area (Å²) in [4.78, 5) is 27.2. The van der Waals surface area contributed by atoms with Gasteiger partial charge in [0, 0.05) is 93.2 Å². The molecular formula is C78H120O30. The van der Waals surface area contributed by atoms with Crippen LogP contribution in [0.2, 0.25) is 0 Å². The van der Waals surface area contributed by atoms with Gasteiger partial charge in [0.1, 0.15) is 83.9 Å². The Kier molecular flexibility index (Phi) is 27.0. The van der Waals surface area contributed by atoms with Gasteiger partial charge < -0.3 is 135 Å². The van der Waals surface area contributed by atoms with Crippen LogP contribution in [0, 0.1) is 16.7 Å². The fraction of sp³-hybridized carbons (Fsp3) is 0.846. The third kappa shape index (κ3) is 16.3. The lowest BCUT2D eigenvalue weighted by Gasteiger charge is -2.67. The largest absolute Gasteiger partial charge is 0.458 e. The van der Waals surface area contributed by atoms with Crippen LogP contribution < -0.4 is 0 Å². The highest BCUT2D eigenvalue weighted by molar-refractivity contribution is 5.89. The number of ether oxygens (including phenoxy) is 21. The highest BCUT2D eigenvalue weighted by Crippen LogP contribution is 2.71. The van der Waals surface area contributed by atoms with E-state index in [1.807, 2.05) is 71.0 Å². The summed E-state index contributed by atoms with van der Waals surface area (Å²) in [6.45, 7) is 15.6. The fourth-order valence-corrected chi connectivity index (χ4v) is 19.9. The second-order valence-electron chi connectivity index (χ2n) is 32.2. The molecule has 0 amide bonds. The number of benzene rings is 1. The number of fused-ring (bicyclic) bond motifs is 5. The van der Waals surface area contributed by atoms with Crippen molar-refractivity contribution in [2.75, 3.05) is 49.3 Å². The molecule has 0 spiro atoms. The number of methoxy groups -OCH3 is 6. The molecule has 7 saturated heterocycles. The Labute approximate surface area is 633 Å². The van der Waals surface area contributed by atoms with Crippen LogP contribution in [0.4, 0.5) is 0 Å². The first-order valence-corrected chi connectivity index (χ1v) is 38.7. The number of esters is 1. The summed E-state index contributed by atoms with van der Waals surface area (Å²) in [5, 5.41) is 79.4.